The summed E-state index contributed by atoms with van der Waals surface area (Å²) in [6, 6.07) is 3.10. The van der Waals surface area contributed by atoms with Gasteiger partial charge in [-0.25, -0.2) is 13.6 Å². The number of anilines is 1. The molecule has 1 aromatic rings. The van der Waals surface area contributed by atoms with E-state index in [0.717, 1.165) is 18.2 Å². The lowest BCUT2D eigenvalue weighted by molar-refractivity contribution is -0.144. The predicted octanol–water partition coefficient (Wildman–Crippen LogP) is 1.20. The van der Waals surface area contributed by atoms with Gasteiger partial charge >= 0.3 is 17.9 Å². The molecule has 1 aliphatic heterocycles. The van der Waals surface area contributed by atoms with Crippen LogP contribution >= 0.6 is 0 Å². The summed E-state index contributed by atoms with van der Waals surface area (Å²) in [5.74, 6) is -3.99. The van der Waals surface area contributed by atoms with Crippen LogP contribution < -0.4 is 5.32 Å². The van der Waals surface area contributed by atoms with Crippen molar-refractivity contribution in [2.24, 2.45) is 0 Å². The molecule has 9 heteroatoms. The highest BCUT2D eigenvalue weighted by Crippen LogP contribution is 2.18. The Hall–Kier alpha value is -2.71. The molecule has 1 aliphatic rings. The SMILES string of the molecule is CCOC(=O)N1CCN(C(=O)C(=O)Nc2c(F)cccc2F)CC1. The van der Waals surface area contributed by atoms with E-state index in [9.17, 15) is 23.2 Å². The van der Waals surface area contributed by atoms with Crippen LogP contribution in [0.5, 0.6) is 0 Å². The van der Waals surface area contributed by atoms with Crippen molar-refractivity contribution in [1.29, 1.82) is 0 Å². The molecular weight excluding hydrogens is 324 g/mol. The fourth-order valence-electron chi connectivity index (χ4n) is 2.23. The third-order valence-electron chi connectivity index (χ3n) is 3.49. The Balaban J connectivity index is 1.93. The lowest BCUT2D eigenvalue weighted by atomic mass is 10.2. The summed E-state index contributed by atoms with van der Waals surface area (Å²) in [7, 11) is 0. The number of piperazine rings is 1. The van der Waals surface area contributed by atoms with Gasteiger partial charge in [0.1, 0.15) is 17.3 Å². The third-order valence-corrected chi connectivity index (χ3v) is 3.49. The van der Waals surface area contributed by atoms with Gasteiger partial charge in [0.15, 0.2) is 0 Å². The normalized spacial score (nSPS) is 14.3. The van der Waals surface area contributed by atoms with E-state index < -0.39 is 35.2 Å². The second-order valence-corrected chi connectivity index (χ2v) is 5.03. The number of rotatable bonds is 2. The Morgan fingerprint density at radius 3 is 2.17 bits per heavy atom. The molecule has 0 aliphatic carbocycles. The highest BCUT2D eigenvalue weighted by molar-refractivity contribution is 6.39. The molecule has 0 spiro atoms. The van der Waals surface area contributed by atoms with E-state index in [1.807, 2.05) is 5.32 Å². The number of carbonyl (C=O) groups excluding carboxylic acids is 3. The Bertz CT molecular complexity index is 625. The topological polar surface area (TPSA) is 79.0 Å². The standard InChI is InChI=1S/C15H17F2N3O4/c1-2-24-15(23)20-8-6-19(7-9-20)14(22)13(21)18-12-10(16)4-3-5-11(12)17/h3-5H,2,6-9H2,1H3,(H,18,21). The molecule has 0 saturated carbocycles. The fraction of sp³-hybridized carbons (Fsp3) is 0.400. The Morgan fingerprint density at radius 1 is 1.08 bits per heavy atom. The quantitative estimate of drug-likeness (QED) is 0.820. The minimum Gasteiger partial charge on any atom is -0.450 e. The average molecular weight is 341 g/mol. The van der Waals surface area contributed by atoms with Crippen molar-refractivity contribution in [2.75, 3.05) is 38.1 Å². The molecule has 1 fully saturated rings. The maximum absolute atomic E-state index is 13.5. The van der Waals surface area contributed by atoms with Gasteiger partial charge in [-0.3, -0.25) is 9.59 Å². The molecule has 0 aromatic heterocycles. The minimum atomic E-state index is -1.14. The van der Waals surface area contributed by atoms with Crippen molar-refractivity contribution in [2.45, 2.75) is 6.92 Å². The van der Waals surface area contributed by atoms with Crippen LogP contribution in [0.25, 0.3) is 0 Å². The molecule has 130 valence electrons. The first-order valence-corrected chi connectivity index (χ1v) is 7.40. The van der Waals surface area contributed by atoms with E-state index in [-0.39, 0.29) is 32.8 Å². The van der Waals surface area contributed by atoms with Gasteiger partial charge in [-0.2, -0.15) is 0 Å². The highest BCUT2D eigenvalue weighted by Gasteiger charge is 2.29. The second kappa shape index (κ2) is 7.71. The highest BCUT2D eigenvalue weighted by atomic mass is 19.1. The van der Waals surface area contributed by atoms with Crippen LogP contribution in [0.15, 0.2) is 18.2 Å². The van der Waals surface area contributed by atoms with E-state index in [4.69, 9.17) is 4.74 Å². The number of ether oxygens (including phenoxy) is 1. The molecule has 1 aromatic carbocycles. The van der Waals surface area contributed by atoms with Gasteiger partial charge in [-0.05, 0) is 19.1 Å². The van der Waals surface area contributed by atoms with Gasteiger partial charge in [0.25, 0.3) is 0 Å². The lowest BCUT2D eigenvalue weighted by Crippen LogP contribution is -2.53. The number of nitrogens with zero attached hydrogens (tertiary/aromatic N) is 2. The second-order valence-electron chi connectivity index (χ2n) is 5.03. The maximum atomic E-state index is 13.5. The van der Waals surface area contributed by atoms with Crippen LogP contribution in [-0.4, -0.2) is 60.5 Å². The monoisotopic (exact) mass is 341 g/mol. The van der Waals surface area contributed by atoms with E-state index >= 15 is 0 Å². The minimum absolute atomic E-state index is 0.130. The van der Waals surface area contributed by atoms with E-state index in [2.05, 4.69) is 0 Å². The van der Waals surface area contributed by atoms with Gasteiger partial charge in [-0.1, -0.05) is 6.07 Å². The Labute approximate surface area is 137 Å². The first-order valence-electron chi connectivity index (χ1n) is 7.40. The first kappa shape index (κ1) is 17.6. The lowest BCUT2D eigenvalue weighted by Gasteiger charge is -2.33. The summed E-state index contributed by atoms with van der Waals surface area (Å²) in [6.07, 6.45) is -0.484. The van der Waals surface area contributed by atoms with E-state index in [1.54, 1.807) is 6.92 Å². The molecule has 3 amide bonds. The van der Waals surface area contributed by atoms with Crippen molar-refractivity contribution >= 4 is 23.6 Å². The van der Waals surface area contributed by atoms with Crippen LogP contribution in [0.1, 0.15) is 6.92 Å². The molecule has 1 heterocycles. The Kier molecular flexibility index (Phi) is 5.67. The number of hydrogen-bond acceptors (Lipinski definition) is 4. The number of hydrogen-bond donors (Lipinski definition) is 1. The molecule has 7 nitrogen and oxygen atoms in total. The Morgan fingerprint density at radius 2 is 1.62 bits per heavy atom. The van der Waals surface area contributed by atoms with Crippen molar-refractivity contribution in [1.82, 2.24) is 9.80 Å². The molecule has 1 saturated heterocycles. The number of amides is 3. The summed E-state index contributed by atoms with van der Waals surface area (Å²) in [4.78, 5) is 38.1. The van der Waals surface area contributed by atoms with Crippen molar-refractivity contribution < 1.29 is 27.9 Å². The zero-order chi connectivity index (χ0) is 17.7. The summed E-state index contributed by atoms with van der Waals surface area (Å²) >= 11 is 0. The number of carbonyl (C=O) groups is 3. The summed E-state index contributed by atoms with van der Waals surface area (Å²) in [5.41, 5.74) is -0.666. The summed E-state index contributed by atoms with van der Waals surface area (Å²) < 4.78 is 31.8. The fourth-order valence-corrected chi connectivity index (χ4v) is 2.23. The smallest absolute Gasteiger partial charge is 0.409 e. The van der Waals surface area contributed by atoms with Crippen molar-refractivity contribution in [3.63, 3.8) is 0 Å². The van der Waals surface area contributed by atoms with Crippen LogP contribution in [0.4, 0.5) is 19.3 Å². The molecule has 0 atom stereocenters. The first-order chi connectivity index (χ1) is 11.4. The molecule has 0 unspecified atom stereocenters. The van der Waals surface area contributed by atoms with Gasteiger partial charge in [0, 0.05) is 26.2 Å². The molecule has 0 bridgehead atoms. The molecule has 0 radical (unpaired) electrons. The largest absolute Gasteiger partial charge is 0.450 e. The number of para-hydroxylation sites is 1. The van der Waals surface area contributed by atoms with Crippen LogP contribution in [-0.2, 0) is 14.3 Å². The van der Waals surface area contributed by atoms with E-state index in [0.29, 0.717) is 0 Å². The predicted molar refractivity (Wildman–Crippen MR) is 80.2 cm³/mol. The molecule has 2 rings (SSSR count). The van der Waals surface area contributed by atoms with Gasteiger partial charge in [0.2, 0.25) is 0 Å². The van der Waals surface area contributed by atoms with Crippen LogP contribution in [0, 0.1) is 11.6 Å². The molecule has 1 N–H and O–H groups in total. The van der Waals surface area contributed by atoms with Crippen molar-refractivity contribution in [3.8, 4) is 0 Å². The summed E-state index contributed by atoms with van der Waals surface area (Å²) in [5, 5.41) is 1.94. The third kappa shape index (κ3) is 3.98. The number of benzene rings is 1. The van der Waals surface area contributed by atoms with Gasteiger partial charge in [0.05, 0.1) is 6.61 Å². The zero-order valence-electron chi connectivity index (χ0n) is 13.1. The summed E-state index contributed by atoms with van der Waals surface area (Å²) in [6.45, 7) is 2.62. The maximum Gasteiger partial charge on any atom is 0.409 e. The molecular formula is C15H17F2N3O4. The number of halogens is 2. The van der Waals surface area contributed by atoms with Crippen LogP contribution in [0.2, 0.25) is 0 Å². The van der Waals surface area contributed by atoms with E-state index in [1.165, 1.54) is 9.80 Å². The van der Waals surface area contributed by atoms with Crippen LogP contribution in [0.3, 0.4) is 0 Å². The number of nitrogens with one attached hydrogen (secondary N) is 1. The van der Waals surface area contributed by atoms with Crippen molar-refractivity contribution in [3.05, 3.63) is 29.8 Å². The van der Waals surface area contributed by atoms with Gasteiger partial charge in [-0.15, -0.1) is 0 Å². The average Bonchev–Trinajstić information content (AvgIpc) is 2.58. The zero-order valence-corrected chi connectivity index (χ0v) is 13.1. The molecule has 24 heavy (non-hydrogen) atoms. The van der Waals surface area contributed by atoms with Gasteiger partial charge < -0.3 is 19.9 Å².